The highest BCUT2D eigenvalue weighted by atomic mass is 32.2. The summed E-state index contributed by atoms with van der Waals surface area (Å²) in [5.74, 6) is -0.373. The van der Waals surface area contributed by atoms with Gasteiger partial charge in [-0.1, -0.05) is 37.3 Å². The number of anilines is 1. The number of hydrogen-bond donors (Lipinski definition) is 1. The molecule has 8 heteroatoms. The second-order valence-electron chi connectivity index (χ2n) is 9.12. The minimum atomic E-state index is -3.52. The van der Waals surface area contributed by atoms with Crippen LogP contribution < -0.4 is 9.62 Å². The number of carbonyl (C=O) groups excluding carboxylic acids is 2. The molecule has 2 rings (SSSR count). The normalized spacial score (nSPS) is 12.2. The summed E-state index contributed by atoms with van der Waals surface area (Å²) in [7, 11) is -3.52. The summed E-state index contributed by atoms with van der Waals surface area (Å²) in [4.78, 5) is 27.6. The van der Waals surface area contributed by atoms with Crippen molar-refractivity contribution < 1.29 is 18.0 Å². The molecule has 192 valence electrons. The molecule has 0 radical (unpaired) electrons. The number of sulfonamides is 1. The maximum absolute atomic E-state index is 13.3. The van der Waals surface area contributed by atoms with Crippen molar-refractivity contribution in [2.45, 2.75) is 66.5 Å². The van der Waals surface area contributed by atoms with Gasteiger partial charge in [0.25, 0.3) is 0 Å². The van der Waals surface area contributed by atoms with E-state index in [1.165, 1.54) is 10.6 Å². The molecule has 0 unspecified atom stereocenters. The summed E-state index contributed by atoms with van der Waals surface area (Å²) < 4.78 is 26.3. The molecule has 7 nitrogen and oxygen atoms in total. The Balaban J connectivity index is 2.18. The molecule has 0 saturated carbocycles. The Bertz CT molecular complexity index is 1130. The lowest BCUT2D eigenvalue weighted by atomic mass is 10.1. The molecule has 0 aliphatic rings. The van der Waals surface area contributed by atoms with Crippen LogP contribution in [-0.4, -0.2) is 50.5 Å². The molecule has 2 amide bonds. The highest BCUT2D eigenvalue weighted by molar-refractivity contribution is 7.92. The number of nitrogens with zero attached hydrogens (tertiary/aromatic N) is 2. The zero-order valence-electron chi connectivity index (χ0n) is 21.8. The highest BCUT2D eigenvalue weighted by Gasteiger charge is 2.27. The third-order valence-electron chi connectivity index (χ3n) is 6.25. The minimum Gasteiger partial charge on any atom is -0.354 e. The van der Waals surface area contributed by atoms with Crippen molar-refractivity contribution in [2.75, 3.05) is 23.7 Å². The molecule has 35 heavy (non-hydrogen) atoms. The van der Waals surface area contributed by atoms with Gasteiger partial charge in [-0.25, -0.2) is 8.42 Å². The van der Waals surface area contributed by atoms with Crippen molar-refractivity contribution >= 4 is 27.5 Å². The number of benzene rings is 2. The maximum Gasteiger partial charge on any atom is 0.242 e. The fraction of sp³-hybridized carbons (Fsp3) is 0.481. The van der Waals surface area contributed by atoms with Crippen LogP contribution in [0.5, 0.6) is 0 Å². The largest absolute Gasteiger partial charge is 0.354 e. The Labute approximate surface area is 210 Å². The van der Waals surface area contributed by atoms with E-state index >= 15 is 0 Å². The van der Waals surface area contributed by atoms with Gasteiger partial charge in [0.1, 0.15) is 6.04 Å². The smallest absolute Gasteiger partial charge is 0.242 e. The summed E-state index contributed by atoms with van der Waals surface area (Å²) in [6, 6.07) is 12.7. The van der Waals surface area contributed by atoms with Crippen LogP contribution in [0.3, 0.4) is 0 Å². The summed E-state index contributed by atoms with van der Waals surface area (Å²) in [6.07, 6.45) is 2.46. The number of rotatable bonds is 12. The van der Waals surface area contributed by atoms with Crippen molar-refractivity contribution in [3.05, 3.63) is 64.7 Å². The van der Waals surface area contributed by atoms with E-state index in [2.05, 4.69) is 5.32 Å². The topological polar surface area (TPSA) is 86.8 Å². The number of carbonyl (C=O) groups is 2. The predicted molar refractivity (Wildman–Crippen MR) is 142 cm³/mol. The summed E-state index contributed by atoms with van der Waals surface area (Å²) in [5, 5.41) is 2.87. The van der Waals surface area contributed by atoms with Gasteiger partial charge in [-0.2, -0.15) is 0 Å². The maximum atomic E-state index is 13.3. The number of hydrogen-bond acceptors (Lipinski definition) is 4. The molecule has 1 N–H and O–H groups in total. The van der Waals surface area contributed by atoms with Crippen LogP contribution in [0.4, 0.5) is 5.69 Å². The average Bonchev–Trinajstić information content (AvgIpc) is 2.80. The minimum absolute atomic E-state index is 0.133. The van der Waals surface area contributed by atoms with E-state index in [0.29, 0.717) is 25.2 Å². The van der Waals surface area contributed by atoms with Crippen LogP contribution in [0.1, 0.15) is 55.4 Å². The molecule has 0 saturated heterocycles. The molecule has 0 bridgehead atoms. The first-order valence-electron chi connectivity index (χ1n) is 12.1. The van der Waals surface area contributed by atoms with Crippen molar-refractivity contribution in [1.82, 2.24) is 10.2 Å². The van der Waals surface area contributed by atoms with Crippen LogP contribution in [0, 0.1) is 20.8 Å². The van der Waals surface area contributed by atoms with Crippen molar-refractivity contribution in [2.24, 2.45) is 0 Å². The van der Waals surface area contributed by atoms with Gasteiger partial charge in [-0.05, 0) is 74.9 Å². The summed E-state index contributed by atoms with van der Waals surface area (Å²) >= 11 is 0. The van der Waals surface area contributed by atoms with E-state index in [1.807, 2.05) is 64.1 Å². The van der Waals surface area contributed by atoms with E-state index in [-0.39, 0.29) is 24.8 Å². The quantitative estimate of drug-likeness (QED) is 0.474. The van der Waals surface area contributed by atoms with Crippen molar-refractivity contribution in [3.63, 3.8) is 0 Å². The number of aryl methyl sites for hydroxylation is 3. The molecule has 0 aromatic heterocycles. The van der Waals surface area contributed by atoms with Crippen molar-refractivity contribution in [1.29, 1.82) is 0 Å². The first-order chi connectivity index (χ1) is 16.5. The van der Waals surface area contributed by atoms with E-state index < -0.39 is 16.1 Å². The van der Waals surface area contributed by atoms with Gasteiger partial charge in [-0.15, -0.1) is 0 Å². The monoisotopic (exact) mass is 501 g/mol. The highest BCUT2D eigenvalue weighted by Crippen LogP contribution is 2.22. The second kappa shape index (κ2) is 12.7. The molecule has 2 aromatic carbocycles. The molecule has 0 spiro atoms. The van der Waals surface area contributed by atoms with E-state index in [0.717, 1.165) is 28.7 Å². The first-order valence-corrected chi connectivity index (χ1v) is 14.0. The van der Waals surface area contributed by atoms with Crippen molar-refractivity contribution in [3.8, 4) is 0 Å². The Morgan fingerprint density at radius 3 is 2.29 bits per heavy atom. The zero-order chi connectivity index (χ0) is 26.2. The Morgan fingerprint density at radius 1 is 1.00 bits per heavy atom. The molecule has 0 aliphatic carbocycles. The third kappa shape index (κ3) is 8.09. The zero-order valence-corrected chi connectivity index (χ0v) is 22.6. The standard InChI is InChI=1S/C27H39N3O4S/c1-7-16-28-27(32)23(5)29(19-24-12-9-8-11-21(24)3)26(31)13-10-17-30(35(6,33)34)25-15-14-20(2)22(4)18-25/h8-9,11-12,14-15,18,23H,7,10,13,16-17,19H2,1-6H3,(H,28,32)/t23-/m1/s1. The number of nitrogens with one attached hydrogen (secondary N) is 1. The van der Waals surface area contributed by atoms with Gasteiger partial charge in [0.05, 0.1) is 11.9 Å². The van der Waals surface area contributed by atoms with Gasteiger partial charge in [0.2, 0.25) is 21.8 Å². The molecule has 0 aliphatic heterocycles. The van der Waals surface area contributed by atoms with Crippen LogP contribution in [0.15, 0.2) is 42.5 Å². The molecular weight excluding hydrogens is 462 g/mol. The van der Waals surface area contributed by atoms with Gasteiger partial charge < -0.3 is 10.2 Å². The van der Waals surface area contributed by atoms with Crippen LogP contribution in [0.25, 0.3) is 0 Å². The molecular formula is C27H39N3O4S. The van der Waals surface area contributed by atoms with E-state index in [4.69, 9.17) is 0 Å². The Kier molecular flexibility index (Phi) is 10.3. The second-order valence-corrected chi connectivity index (χ2v) is 11.0. The predicted octanol–water partition coefficient (Wildman–Crippen LogP) is 4.10. The van der Waals surface area contributed by atoms with Gasteiger partial charge in [0, 0.05) is 26.1 Å². The van der Waals surface area contributed by atoms with E-state index in [1.54, 1.807) is 17.9 Å². The fourth-order valence-corrected chi connectivity index (χ4v) is 4.79. The first kappa shape index (κ1) is 28.4. The summed E-state index contributed by atoms with van der Waals surface area (Å²) in [5.41, 5.74) is 4.70. The van der Waals surface area contributed by atoms with Crippen LogP contribution in [0.2, 0.25) is 0 Å². The van der Waals surface area contributed by atoms with E-state index in [9.17, 15) is 18.0 Å². The SMILES string of the molecule is CCCNC(=O)[C@@H](C)N(Cc1ccccc1C)C(=O)CCCN(c1ccc(C)c(C)c1)S(C)(=O)=O. The van der Waals surface area contributed by atoms with Gasteiger partial charge in [0.15, 0.2) is 0 Å². The average molecular weight is 502 g/mol. The van der Waals surface area contributed by atoms with Gasteiger partial charge >= 0.3 is 0 Å². The summed E-state index contributed by atoms with van der Waals surface area (Å²) in [6.45, 7) is 10.7. The van der Waals surface area contributed by atoms with Crippen LogP contribution in [-0.2, 0) is 26.2 Å². The molecule has 0 heterocycles. The lowest BCUT2D eigenvalue weighted by Crippen LogP contribution is -2.48. The van der Waals surface area contributed by atoms with Crippen LogP contribution >= 0.6 is 0 Å². The lowest BCUT2D eigenvalue weighted by Gasteiger charge is -2.30. The lowest BCUT2D eigenvalue weighted by molar-refractivity contribution is -0.140. The Hall–Kier alpha value is -2.87. The fourth-order valence-electron chi connectivity index (χ4n) is 3.83. The Morgan fingerprint density at radius 2 is 1.69 bits per heavy atom. The number of amides is 2. The third-order valence-corrected chi connectivity index (χ3v) is 7.44. The van der Waals surface area contributed by atoms with Gasteiger partial charge in [-0.3, -0.25) is 13.9 Å². The molecule has 0 fully saturated rings. The molecule has 2 aromatic rings. The molecule has 1 atom stereocenters.